The predicted molar refractivity (Wildman–Crippen MR) is 78.1 cm³/mol. The molecule has 5 nitrogen and oxygen atoms in total. The van der Waals surface area contributed by atoms with Crippen molar-refractivity contribution in [2.45, 2.75) is 43.9 Å². The van der Waals surface area contributed by atoms with E-state index in [0.717, 1.165) is 6.26 Å². The molecule has 0 radical (unpaired) electrons. The molecule has 0 atom stereocenters. The molecule has 0 unspecified atom stereocenters. The Kier molecular flexibility index (Phi) is 3.70. The number of pyridine rings is 1. The first-order chi connectivity index (χ1) is 8.92. The van der Waals surface area contributed by atoms with E-state index >= 15 is 0 Å². The van der Waals surface area contributed by atoms with Crippen LogP contribution in [0.1, 0.15) is 27.7 Å². The molecule has 0 aromatic carbocycles. The first-order valence-electron chi connectivity index (χ1n) is 6.15. The molecule has 0 saturated carbocycles. The normalized spacial score (nSPS) is 21.2. The maximum atomic E-state index is 11.6. The fourth-order valence-electron chi connectivity index (χ4n) is 1.80. The van der Waals surface area contributed by atoms with Gasteiger partial charge in [-0.25, -0.2) is 13.4 Å². The first-order valence-corrected chi connectivity index (χ1v) is 8.42. The molecule has 20 heavy (non-hydrogen) atoms. The van der Waals surface area contributed by atoms with Gasteiger partial charge in [0.25, 0.3) is 0 Å². The third-order valence-corrected chi connectivity index (χ3v) is 4.86. The fraction of sp³-hybridized carbons (Fsp3) is 0.583. The van der Waals surface area contributed by atoms with Crippen molar-refractivity contribution < 1.29 is 17.7 Å². The van der Waals surface area contributed by atoms with Crippen LogP contribution in [0.4, 0.5) is 0 Å². The maximum absolute atomic E-state index is 11.6. The summed E-state index contributed by atoms with van der Waals surface area (Å²) in [6.45, 7) is 7.70. The standard InChI is InChI=1S/C12H17BClNO4S/c1-11(2)12(3,4)19-13(18-11)8-6-9(14)15-10(7-8)20(5,16)17/h6-7H,1-5H3. The molecule has 0 amide bonds. The number of halogens is 1. The van der Waals surface area contributed by atoms with Crippen LogP contribution in [-0.4, -0.2) is 38.0 Å². The van der Waals surface area contributed by atoms with Gasteiger partial charge in [0.05, 0.1) is 11.2 Å². The van der Waals surface area contributed by atoms with E-state index in [9.17, 15) is 8.42 Å². The third kappa shape index (κ3) is 2.86. The summed E-state index contributed by atoms with van der Waals surface area (Å²) in [5, 5.41) is 0.00681. The quantitative estimate of drug-likeness (QED) is 0.610. The Morgan fingerprint density at radius 1 is 1.15 bits per heavy atom. The molecular formula is C12H17BClNO4S. The van der Waals surface area contributed by atoms with E-state index in [4.69, 9.17) is 20.9 Å². The number of hydrogen-bond acceptors (Lipinski definition) is 5. The number of nitrogens with zero attached hydrogens (tertiary/aromatic N) is 1. The molecule has 0 aliphatic carbocycles. The van der Waals surface area contributed by atoms with Gasteiger partial charge in [0.15, 0.2) is 14.9 Å². The van der Waals surface area contributed by atoms with Crippen LogP contribution in [0, 0.1) is 0 Å². The van der Waals surface area contributed by atoms with Crippen molar-refractivity contribution in [3.05, 3.63) is 17.3 Å². The summed E-state index contributed by atoms with van der Waals surface area (Å²) in [5.41, 5.74) is -0.457. The van der Waals surface area contributed by atoms with Crippen molar-refractivity contribution in [3.8, 4) is 0 Å². The Morgan fingerprint density at radius 3 is 2.10 bits per heavy atom. The molecule has 1 aliphatic rings. The van der Waals surface area contributed by atoms with Crippen molar-refractivity contribution in [1.29, 1.82) is 0 Å². The van der Waals surface area contributed by atoms with Gasteiger partial charge in [0.2, 0.25) is 0 Å². The molecule has 0 bridgehead atoms. The minimum Gasteiger partial charge on any atom is -0.399 e. The minimum atomic E-state index is -3.44. The van der Waals surface area contributed by atoms with Crippen molar-refractivity contribution in [2.75, 3.05) is 6.26 Å². The van der Waals surface area contributed by atoms with Crippen molar-refractivity contribution in [2.24, 2.45) is 0 Å². The van der Waals surface area contributed by atoms with Gasteiger partial charge in [-0.05, 0) is 45.3 Å². The molecule has 1 saturated heterocycles. The highest BCUT2D eigenvalue weighted by molar-refractivity contribution is 7.90. The third-order valence-electron chi connectivity index (χ3n) is 3.70. The first kappa shape index (κ1) is 15.8. The summed E-state index contributed by atoms with van der Waals surface area (Å²) in [6, 6.07) is 2.99. The van der Waals surface area contributed by atoms with Crippen molar-refractivity contribution in [1.82, 2.24) is 4.98 Å². The largest absolute Gasteiger partial charge is 0.495 e. The Labute approximate surface area is 124 Å². The van der Waals surface area contributed by atoms with Gasteiger partial charge in [-0.15, -0.1) is 0 Å². The summed E-state index contributed by atoms with van der Waals surface area (Å²) in [7, 11) is -4.11. The monoisotopic (exact) mass is 317 g/mol. The van der Waals surface area contributed by atoms with E-state index in [1.165, 1.54) is 6.07 Å². The van der Waals surface area contributed by atoms with Crippen LogP contribution < -0.4 is 5.46 Å². The Bertz CT molecular complexity index is 629. The lowest BCUT2D eigenvalue weighted by atomic mass is 9.80. The van der Waals surface area contributed by atoms with Gasteiger partial charge in [-0.2, -0.15) is 0 Å². The van der Waals surface area contributed by atoms with Crippen LogP contribution in [0.25, 0.3) is 0 Å². The fourth-order valence-corrected chi connectivity index (χ4v) is 2.68. The zero-order valence-electron chi connectivity index (χ0n) is 12.1. The van der Waals surface area contributed by atoms with E-state index in [0.29, 0.717) is 5.46 Å². The molecule has 1 fully saturated rings. The molecule has 110 valence electrons. The second-order valence-electron chi connectivity index (χ2n) is 5.92. The summed E-state index contributed by atoms with van der Waals surface area (Å²) in [5.74, 6) is 0. The van der Waals surface area contributed by atoms with E-state index in [-0.39, 0.29) is 10.2 Å². The van der Waals surface area contributed by atoms with Crippen LogP contribution in [0.5, 0.6) is 0 Å². The zero-order chi connectivity index (χ0) is 15.3. The lowest BCUT2D eigenvalue weighted by Crippen LogP contribution is -2.41. The highest BCUT2D eigenvalue weighted by Gasteiger charge is 2.51. The van der Waals surface area contributed by atoms with E-state index in [1.54, 1.807) is 6.07 Å². The molecule has 2 heterocycles. The van der Waals surface area contributed by atoms with Gasteiger partial charge in [0, 0.05) is 6.26 Å². The highest BCUT2D eigenvalue weighted by Crippen LogP contribution is 2.36. The Morgan fingerprint density at radius 2 is 1.65 bits per heavy atom. The molecule has 8 heteroatoms. The smallest absolute Gasteiger partial charge is 0.399 e. The lowest BCUT2D eigenvalue weighted by Gasteiger charge is -2.32. The molecule has 1 aromatic heterocycles. The SMILES string of the molecule is CC1(C)OB(c2cc(Cl)nc(S(C)(=O)=O)c2)OC1(C)C. The van der Waals surface area contributed by atoms with Crippen LogP contribution in [-0.2, 0) is 19.1 Å². The van der Waals surface area contributed by atoms with E-state index < -0.39 is 28.2 Å². The van der Waals surface area contributed by atoms with E-state index in [2.05, 4.69) is 4.98 Å². The number of aromatic nitrogens is 1. The van der Waals surface area contributed by atoms with Gasteiger partial charge in [0.1, 0.15) is 5.15 Å². The summed E-state index contributed by atoms with van der Waals surface area (Å²) in [4.78, 5) is 3.82. The molecule has 2 rings (SSSR count). The predicted octanol–water partition coefficient (Wildman–Crippen LogP) is 1.44. The van der Waals surface area contributed by atoms with E-state index in [1.807, 2.05) is 27.7 Å². The number of rotatable bonds is 2. The van der Waals surface area contributed by atoms with Gasteiger partial charge >= 0.3 is 7.12 Å². The highest BCUT2D eigenvalue weighted by atomic mass is 35.5. The molecular weight excluding hydrogens is 300 g/mol. The second kappa shape index (κ2) is 4.69. The number of hydrogen-bond donors (Lipinski definition) is 0. The van der Waals surface area contributed by atoms with Gasteiger partial charge in [-0.3, -0.25) is 0 Å². The summed E-state index contributed by atoms with van der Waals surface area (Å²) in [6.07, 6.45) is 1.08. The number of sulfone groups is 1. The lowest BCUT2D eigenvalue weighted by molar-refractivity contribution is 0.00578. The van der Waals surface area contributed by atoms with Crippen LogP contribution in [0.2, 0.25) is 5.15 Å². The average molecular weight is 318 g/mol. The van der Waals surface area contributed by atoms with Crippen LogP contribution in [0.15, 0.2) is 17.2 Å². The van der Waals surface area contributed by atoms with Crippen molar-refractivity contribution in [3.63, 3.8) is 0 Å². The summed E-state index contributed by atoms with van der Waals surface area (Å²) >= 11 is 5.89. The van der Waals surface area contributed by atoms with Crippen LogP contribution in [0.3, 0.4) is 0 Å². The Balaban J connectivity index is 2.44. The maximum Gasteiger partial charge on any atom is 0.495 e. The minimum absolute atomic E-state index is 0.0882. The van der Waals surface area contributed by atoms with Crippen LogP contribution >= 0.6 is 11.6 Å². The molecule has 0 spiro atoms. The average Bonchev–Trinajstić information content (AvgIpc) is 2.46. The second-order valence-corrected chi connectivity index (χ2v) is 8.27. The zero-order valence-corrected chi connectivity index (χ0v) is 13.7. The molecule has 0 N–H and O–H groups in total. The topological polar surface area (TPSA) is 65.5 Å². The Hall–Kier alpha value is -0.625. The van der Waals surface area contributed by atoms with Gasteiger partial charge in [-0.1, -0.05) is 11.6 Å². The summed E-state index contributed by atoms with van der Waals surface area (Å²) < 4.78 is 34.9. The molecule has 1 aliphatic heterocycles. The van der Waals surface area contributed by atoms with Crippen molar-refractivity contribution >= 4 is 34.0 Å². The van der Waals surface area contributed by atoms with Gasteiger partial charge < -0.3 is 9.31 Å². The molecule has 1 aromatic rings.